The summed E-state index contributed by atoms with van der Waals surface area (Å²) in [7, 11) is -2.61. The van der Waals surface area contributed by atoms with Gasteiger partial charge in [-0.25, -0.2) is 0 Å². The third kappa shape index (κ3) is 4.44. The van der Waals surface area contributed by atoms with Crippen molar-refractivity contribution in [1.29, 1.82) is 0 Å². The molecule has 1 fully saturated rings. The molecule has 1 aliphatic carbocycles. The minimum atomic E-state index is -2.61. The fraction of sp³-hybridized carbons (Fsp3) is 0.143. The fourth-order valence-corrected chi connectivity index (χ4v) is 12.7. The summed E-state index contributed by atoms with van der Waals surface area (Å²) in [6.45, 7) is 0. The summed E-state index contributed by atoms with van der Waals surface area (Å²) in [5.41, 5.74) is 5.26. The van der Waals surface area contributed by atoms with Crippen LogP contribution in [0.25, 0.3) is 27.5 Å². The molecule has 0 bridgehead atoms. The molecule has 214 valence electrons. The smallest absolute Gasteiger partial charge is 0.179 e. The second-order valence-corrected chi connectivity index (χ2v) is 16.2. The van der Waals surface area contributed by atoms with Gasteiger partial charge in [-0.1, -0.05) is 153 Å². The second kappa shape index (κ2) is 11.4. The molecule has 1 aromatic heterocycles. The molecule has 8 rings (SSSR count). The molecule has 0 amide bonds. The van der Waals surface area contributed by atoms with Crippen molar-refractivity contribution in [3.8, 4) is 5.69 Å². The molecular formula is C42H37NSi. The van der Waals surface area contributed by atoms with Crippen molar-refractivity contribution in [2.45, 2.75) is 38.0 Å². The van der Waals surface area contributed by atoms with E-state index in [1.165, 1.54) is 85.9 Å². The predicted octanol–water partition coefficient (Wildman–Crippen LogP) is 8.21. The number of rotatable bonds is 6. The van der Waals surface area contributed by atoms with Gasteiger partial charge in [-0.15, -0.1) is 0 Å². The quantitative estimate of drug-likeness (QED) is 0.137. The van der Waals surface area contributed by atoms with E-state index in [0.717, 1.165) is 0 Å². The highest BCUT2D eigenvalue weighted by atomic mass is 28.3. The summed E-state index contributed by atoms with van der Waals surface area (Å²) in [6, 6.07) is 59.4. The Bertz CT molecular complexity index is 1920. The molecule has 1 nitrogen and oxygen atoms in total. The van der Waals surface area contributed by atoms with Crippen LogP contribution < -0.4 is 20.7 Å². The van der Waals surface area contributed by atoms with Gasteiger partial charge in [0, 0.05) is 16.5 Å². The third-order valence-electron chi connectivity index (χ3n) is 9.95. The Morgan fingerprint density at radius 2 is 0.955 bits per heavy atom. The van der Waals surface area contributed by atoms with Crippen LogP contribution in [0.3, 0.4) is 0 Å². The van der Waals surface area contributed by atoms with Crippen molar-refractivity contribution in [2.75, 3.05) is 0 Å². The predicted molar refractivity (Wildman–Crippen MR) is 190 cm³/mol. The van der Waals surface area contributed by atoms with E-state index < -0.39 is 8.07 Å². The number of para-hydroxylation sites is 1. The zero-order valence-corrected chi connectivity index (χ0v) is 26.1. The summed E-state index contributed by atoms with van der Waals surface area (Å²) in [6.07, 6.45) is 6.77. The second-order valence-electron chi connectivity index (χ2n) is 12.4. The molecule has 6 aromatic carbocycles. The van der Waals surface area contributed by atoms with E-state index in [9.17, 15) is 0 Å². The molecule has 0 N–H and O–H groups in total. The van der Waals surface area contributed by atoms with Crippen LogP contribution >= 0.6 is 0 Å². The minimum absolute atomic E-state index is 0.713. The standard InChI is InChI=1S/C42H37NSi/c1-5-15-32(16-6-1)33-25-27-34(28-26-33)43-41-24-14-13-23-39(41)40-31-38(29-30-42(40)43)44(35-17-7-2-8-18-35,36-19-9-3-10-20-36)37-21-11-4-12-22-37/h2-4,7-14,17-32H,1,5-6,15-16H2. The average molecular weight is 584 g/mol. The summed E-state index contributed by atoms with van der Waals surface area (Å²) >= 11 is 0. The first kappa shape index (κ1) is 26.9. The topological polar surface area (TPSA) is 4.93 Å². The van der Waals surface area contributed by atoms with E-state index in [0.29, 0.717) is 5.92 Å². The Hall–Kier alpha value is -4.66. The SMILES string of the molecule is c1ccc([Si](c2ccccc2)(c2ccccc2)c2ccc3c(c2)c2ccccc2n3-c2ccc(C3CCCCC3)cc2)cc1. The molecule has 7 aromatic rings. The number of hydrogen-bond acceptors (Lipinski definition) is 0. The Kier molecular flexibility index (Phi) is 7.00. The van der Waals surface area contributed by atoms with Gasteiger partial charge in [-0.3, -0.25) is 0 Å². The van der Waals surface area contributed by atoms with Gasteiger partial charge in [0.05, 0.1) is 11.0 Å². The first-order valence-corrected chi connectivity index (χ1v) is 18.1. The fourth-order valence-electron chi connectivity index (χ4n) is 7.88. The number of aromatic nitrogens is 1. The van der Waals surface area contributed by atoms with Crippen molar-refractivity contribution in [1.82, 2.24) is 4.57 Å². The Balaban J connectivity index is 1.37. The van der Waals surface area contributed by atoms with E-state index in [1.54, 1.807) is 0 Å². The van der Waals surface area contributed by atoms with Gasteiger partial charge in [-0.05, 0) is 69.3 Å². The van der Waals surface area contributed by atoms with Gasteiger partial charge in [-0.2, -0.15) is 0 Å². The molecule has 0 atom stereocenters. The molecular weight excluding hydrogens is 547 g/mol. The van der Waals surface area contributed by atoms with Crippen LogP contribution in [0.15, 0.2) is 158 Å². The van der Waals surface area contributed by atoms with Crippen LogP contribution in [0, 0.1) is 0 Å². The van der Waals surface area contributed by atoms with Gasteiger partial charge in [0.15, 0.2) is 8.07 Å². The highest BCUT2D eigenvalue weighted by molar-refractivity contribution is 7.20. The van der Waals surface area contributed by atoms with Crippen LogP contribution in [0.5, 0.6) is 0 Å². The van der Waals surface area contributed by atoms with E-state index in [-0.39, 0.29) is 0 Å². The highest BCUT2D eigenvalue weighted by Gasteiger charge is 2.41. The van der Waals surface area contributed by atoms with Crippen LogP contribution in [0.2, 0.25) is 0 Å². The lowest BCUT2D eigenvalue weighted by molar-refractivity contribution is 0.443. The molecule has 0 aliphatic heterocycles. The molecule has 2 heteroatoms. The lowest BCUT2D eigenvalue weighted by atomic mass is 9.84. The van der Waals surface area contributed by atoms with Gasteiger partial charge in [0.2, 0.25) is 0 Å². The zero-order valence-electron chi connectivity index (χ0n) is 25.1. The molecule has 1 aliphatic rings. The van der Waals surface area contributed by atoms with E-state index >= 15 is 0 Å². The van der Waals surface area contributed by atoms with Crippen LogP contribution in [0.4, 0.5) is 0 Å². The lowest BCUT2D eigenvalue weighted by Gasteiger charge is -2.34. The van der Waals surface area contributed by atoms with Crippen LogP contribution in [-0.2, 0) is 0 Å². The van der Waals surface area contributed by atoms with Gasteiger partial charge in [0.25, 0.3) is 0 Å². The normalized spacial score (nSPS) is 14.3. The number of benzene rings is 6. The Morgan fingerprint density at radius 3 is 1.55 bits per heavy atom. The molecule has 1 saturated carbocycles. The summed E-state index contributed by atoms with van der Waals surface area (Å²) in [5.74, 6) is 0.713. The first-order valence-electron chi connectivity index (χ1n) is 16.1. The highest BCUT2D eigenvalue weighted by Crippen LogP contribution is 2.35. The molecule has 0 radical (unpaired) electrons. The summed E-state index contributed by atoms with van der Waals surface area (Å²) < 4.78 is 2.47. The maximum atomic E-state index is 2.52. The van der Waals surface area contributed by atoms with E-state index in [1.807, 2.05) is 0 Å². The van der Waals surface area contributed by atoms with Crippen LogP contribution in [0.1, 0.15) is 43.6 Å². The summed E-state index contributed by atoms with van der Waals surface area (Å²) in [5, 5.41) is 8.23. The number of fused-ring (bicyclic) bond motifs is 3. The maximum Gasteiger partial charge on any atom is 0.179 e. The van der Waals surface area contributed by atoms with Gasteiger partial charge < -0.3 is 4.57 Å². The molecule has 44 heavy (non-hydrogen) atoms. The van der Waals surface area contributed by atoms with E-state index in [2.05, 4.69) is 162 Å². The monoisotopic (exact) mass is 583 g/mol. The first-order chi connectivity index (χ1) is 21.8. The Labute approximate surface area is 261 Å². The molecule has 0 saturated heterocycles. The van der Waals surface area contributed by atoms with Gasteiger partial charge in [0.1, 0.15) is 0 Å². The minimum Gasteiger partial charge on any atom is -0.309 e. The van der Waals surface area contributed by atoms with Crippen molar-refractivity contribution < 1.29 is 0 Å². The average Bonchev–Trinajstić information content (AvgIpc) is 3.44. The summed E-state index contributed by atoms with van der Waals surface area (Å²) in [4.78, 5) is 0. The Morgan fingerprint density at radius 1 is 0.432 bits per heavy atom. The molecule has 0 unspecified atom stereocenters. The maximum absolute atomic E-state index is 2.61. The number of nitrogens with zero attached hydrogens (tertiary/aromatic N) is 1. The van der Waals surface area contributed by atoms with Crippen molar-refractivity contribution in [3.05, 3.63) is 163 Å². The van der Waals surface area contributed by atoms with Gasteiger partial charge >= 0.3 is 0 Å². The molecule has 0 spiro atoms. The van der Waals surface area contributed by atoms with Crippen molar-refractivity contribution in [3.63, 3.8) is 0 Å². The lowest BCUT2D eigenvalue weighted by Crippen LogP contribution is -2.74. The van der Waals surface area contributed by atoms with Crippen LogP contribution in [-0.4, -0.2) is 12.6 Å². The van der Waals surface area contributed by atoms with Crippen molar-refractivity contribution in [2.24, 2.45) is 0 Å². The third-order valence-corrected chi connectivity index (χ3v) is 14.7. The number of hydrogen-bond donors (Lipinski definition) is 0. The van der Waals surface area contributed by atoms with E-state index in [4.69, 9.17) is 0 Å². The zero-order chi connectivity index (χ0) is 29.3. The van der Waals surface area contributed by atoms with Crippen molar-refractivity contribution >= 4 is 50.6 Å². The largest absolute Gasteiger partial charge is 0.309 e. The molecule has 1 heterocycles.